The fourth-order valence-electron chi connectivity index (χ4n) is 4.73. The molecule has 1 unspecified atom stereocenters. The van der Waals surface area contributed by atoms with Gasteiger partial charge < -0.3 is 14.8 Å². The molecule has 1 aromatic heterocycles. The van der Waals surface area contributed by atoms with E-state index in [0.717, 1.165) is 33.6 Å². The van der Waals surface area contributed by atoms with E-state index in [2.05, 4.69) is 34.6 Å². The molecule has 7 heteroatoms. The van der Waals surface area contributed by atoms with Crippen LogP contribution < -0.4 is 5.32 Å². The van der Waals surface area contributed by atoms with Crippen LogP contribution in [0.3, 0.4) is 0 Å². The summed E-state index contributed by atoms with van der Waals surface area (Å²) in [4.78, 5) is 32.0. The second-order valence-corrected chi connectivity index (χ2v) is 10.3. The predicted octanol–water partition coefficient (Wildman–Crippen LogP) is 5.65. The molecule has 0 aliphatic heterocycles. The number of benzene rings is 2. The van der Waals surface area contributed by atoms with Crippen LogP contribution >= 0.6 is 0 Å². The van der Waals surface area contributed by atoms with Gasteiger partial charge in [-0.05, 0) is 73.6 Å². The van der Waals surface area contributed by atoms with Gasteiger partial charge in [0.05, 0.1) is 0 Å². The molecule has 0 spiro atoms. The zero-order valence-corrected chi connectivity index (χ0v) is 22.2. The van der Waals surface area contributed by atoms with E-state index in [1.54, 1.807) is 20.3 Å². The molecule has 0 radical (unpaired) electrons. The number of fused-ring (bicyclic) bond motifs is 3. The van der Waals surface area contributed by atoms with E-state index in [9.17, 15) is 9.59 Å². The lowest BCUT2D eigenvalue weighted by Crippen LogP contribution is -2.46. The third-order valence-electron chi connectivity index (χ3n) is 6.56. The van der Waals surface area contributed by atoms with Gasteiger partial charge in [0.1, 0.15) is 24.1 Å². The summed E-state index contributed by atoms with van der Waals surface area (Å²) in [6.45, 7) is 5.64. The number of hydrogen-bond donors (Lipinski definition) is 1. The molecule has 2 aromatic carbocycles. The van der Waals surface area contributed by atoms with Gasteiger partial charge in [-0.1, -0.05) is 48.5 Å². The lowest BCUT2D eigenvalue weighted by atomic mass is 9.98. The first-order chi connectivity index (χ1) is 17.7. The Morgan fingerprint density at radius 3 is 2.24 bits per heavy atom. The molecular weight excluding hydrogens is 466 g/mol. The average Bonchev–Trinajstić information content (AvgIpc) is 3.20. The summed E-state index contributed by atoms with van der Waals surface area (Å²) in [5, 5.41) is 3.02. The summed E-state index contributed by atoms with van der Waals surface area (Å²) in [5.41, 5.74) is 4.94. The number of nitrogens with one attached hydrogen (secondary N) is 1. The lowest BCUT2D eigenvalue weighted by Gasteiger charge is -2.30. The molecule has 0 saturated carbocycles. The standard InChI is InChI=1S/C30H35N3O4/c1-30(2,3)37-28(34)26(15-14-20-16-17-32-27(18-20)31-4)33(5)29(35)36-19-25-23-12-8-6-10-21(23)22-11-7-9-13-24(22)25/h6-13,16-18,25-26H,14-15,19H2,1-5H3,(H,31,32). The number of nitrogens with zero attached hydrogens (tertiary/aromatic N) is 2. The minimum Gasteiger partial charge on any atom is -0.458 e. The molecule has 0 fully saturated rings. The lowest BCUT2D eigenvalue weighted by molar-refractivity contribution is -0.160. The molecule has 7 nitrogen and oxygen atoms in total. The number of hydrogen-bond acceptors (Lipinski definition) is 6. The number of amides is 1. The van der Waals surface area contributed by atoms with Gasteiger partial charge in [0.2, 0.25) is 0 Å². The molecule has 0 saturated heterocycles. The second kappa shape index (κ2) is 11.0. The van der Waals surface area contributed by atoms with Gasteiger partial charge in [0, 0.05) is 26.2 Å². The van der Waals surface area contributed by atoms with Crippen molar-refractivity contribution >= 4 is 17.9 Å². The van der Waals surface area contributed by atoms with Crippen molar-refractivity contribution in [2.24, 2.45) is 0 Å². The van der Waals surface area contributed by atoms with Gasteiger partial charge in [-0.3, -0.25) is 4.90 Å². The van der Waals surface area contributed by atoms with Gasteiger partial charge in [0.25, 0.3) is 0 Å². The van der Waals surface area contributed by atoms with Gasteiger partial charge in [0.15, 0.2) is 0 Å². The molecule has 1 aliphatic rings. The molecule has 1 aliphatic carbocycles. The minimum atomic E-state index is -0.791. The minimum absolute atomic E-state index is 0.0542. The summed E-state index contributed by atoms with van der Waals surface area (Å²) in [7, 11) is 3.40. The van der Waals surface area contributed by atoms with E-state index < -0.39 is 23.7 Å². The average molecular weight is 502 g/mol. The molecule has 4 rings (SSSR count). The molecule has 1 atom stereocenters. The fraction of sp³-hybridized carbons (Fsp3) is 0.367. The molecule has 1 N–H and O–H groups in total. The highest BCUT2D eigenvalue weighted by atomic mass is 16.6. The van der Waals surface area contributed by atoms with Crippen molar-refractivity contribution < 1.29 is 19.1 Å². The Hall–Kier alpha value is -3.87. The van der Waals surface area contributed by atoms with Crippen molar-refractivity contribution in [2.75, 3.05) is 26.0 Å². The monoisotopic (exact) mass is 501 g/mol. The highest BCUT2D eigenvalue weighted by Crippen LogP contribution is 2.44. The highest BCUT2D eigenvalue weighted by Gasteiger charge is 2.34. The predicted molar refractivity (Wildman–Crippen MR) is 145 cm³/mol. The summed E-state index contributed by atoms with van der Waals surface area (Å²) >= 11 is 0. The Morgan fingerprint density at radius 2 is 1.65 bits per heavy atom. The second-order valence-electron chi connectivity index (χ2n) is 10.3. The quantitative estimate of drug-likeness (QED) is 0.402. The van der Waals surface area contributed by atoms with Crippen LogP contribution in [0.15, 0.2) is 66.9 Å². The van der Waals surface area contributed by atoms with Crippen molar-refractivity contribution in [1.82, 2.24) is 9.88 Å². The molecule has 3 aromatic rings. The van der Waals surface area contributed by atoms with Crippen molar-refractivity contribution in [3.05, 3.63) is 83.6 Å². The van der Waals surface area contributed by atoms with Crippen LogP contribution in [0.1, 0.15) is 49.8 Å². The molecule has 1 heterocycles. The third-order valence-corrected chi connectivity index (χ3v) is 6.56. The maximum atomic E-state index is 13.2. The van der Waals surface area contributed by atoms with E-state index in [1.807, 2.05) is 57.2 Å². The molecule has 194 valence electrons. The summed E-state index contributed by atoms with van der Waals surface area (Å²) < 4.78 is 11.5. The number of anilines is 1. The van der Waals surface area contributed by atoms with Crippen molar-refractivity contribution in [3.63, 3.8) is 0 Å². The zero-order valence-electron chi connectivity index (χ0n) is 22.2. The van der Waals surface area contributed by atoms with Crippen LogP contribution in [-0.4, -0.2) is 54.3 Å². The van der Waals surface area contributed by atoms with Crippen LogP contribution in [0.2, 0.25) is 0 Å². The zero-order chi connectivity index (χ0) is 26.6. The van der Waals surface area contributed by atoms with Gasteiger partial charge in [-0.15, -0.1) is 0 Å². The topological polar surface area (TPSA) is 80.8 Å². The number of aryl methyl sites for hydroxylation is 1. The van der Waals surface area contributed by atoms with Crippen molar-refractivity contribution in [2.45, 2.75) is 51.2 Å². The number of ether oxygens (including phenoxy) is 2. The van der Waals surface area contributed by atoms with E-state index >= 15 is 0 Å². The van der Waals surface area contributed by atoms with Crippen LogP contribution in [0.25, 0.3) is 11.1 Å². The van der Waals surface area contributed by atoms with E-state index in [4.69, 9.17) is 9.47 Å². The third kappa shape index (κ3) is 6.10. The molecule has 1 amide bonds. The van der Waals surface area contributed by atoms with E-state index in [0.29, 0.717) is 12.8 Å². The van der Waals surface area contributed by atoms with Crippen LogP contribution in [0, 0.1) is 0 Å². The number of esters is 1. The van der Waals surface area contributed by atoms with E-state index in [1.165, 1.54) is 4.90 Å². The first-order valence-corrected chi connectivity index (χ1v) is 12.6. The number of likely N-dealkylation sites (N-methyl/N-ethyl adjacent to an activating group) is 1. The Labute approximate surface area is 218 Å². The SMILES string of the molecule is CNc1cc(CCC(C(=O)OC(C)(C)C)N(C)C(=O)OCC2c3ccccc3-c3ccccc32)ccn1. The van der Waals surface area contributed by atoms with Crippen LogP contribution in [0.4, 0.5) is 10.6 Å². The number of carbonyl (C=O) groups excluding carboxylic acids is 2. The summed E-state index contributed by atoms with van der Waals surface area (Å²) in [5.74, 6) is 0.240. The molecular formula is C30H35N3O4. The van der Waals surface area contributed by atoms with Crippen molar-refractivity contribution in [1.29, 1.82) is 0 Å². The van der Waals surface area contributed by atoms with E-state index in [-0.39, 0.29) is 12.5 Å². The van der Waals surface area contributed by atoms with Crippen molar-refractivity contribution in [3.8, 4) is 11.1 Å². The Balaban J connectivity index is 1.48. The van der Waals surface area contributed by atoms with Gasteiger partial charge in [-0.2, -0.15) is 0 Å². The number of rotatable bonds is 8. The number of carbonyl (C=O) groups is 2. The number of aromatic nitrogens is 1. The fourth-order valence-corrected chi connectivity index (χ4v) is 4.73. The number of pyridine rings is 1. The Bertz CT molecular complexity index is 1220. The smallest absolute Gasteiger partial charge is 0.410 e. The maximum Gasteiger partial charge on any atom is 0.410 e. The normalized spacial score (nSPS) is 13.3. The Morgan fingerprint density at radius 1 is 1.03 bits per heavy atom. The largest absolute Gasteiger partial charge is 0.458 e. The Kier molecular flexibility index (Phi) is 7.81. The van der Waals surface area contributed by atoms with Crippen LogP contribution in [-0.2, 0) is 20.7 Å². The molecule has 0 bridgehead atoms. The maximum absolute atomic E-state index is 13.2. The van der Waals surface area contributed by atoms with Gasteiger partial charge in [-0.25, -0.2) is 14.6 Å². The first kappa shape index (κ1) is 26.2. The molecule has 37 heavy (non-hydrogen) atoms. The first-order valence-electron chi connectivity index (χ1n) is 12.6. The summed E-state index contributed by atoms with van der Waals surface area (Å²) in [6.07, 6.45) is 2.13. The summed E-state index contributed by atoms with van der Waals surface area (Å²) in [6, 6.07) is 19.4. The van der Waals surface area contributed by atoms with Crippen LogP contribution in [0.5, 0.6) is 0 Å². The van der Waals surface area contributed by atoms with Gasteiger partial charge >= 0.3 is 12.1 Å². The highest BCUT2D eigenvalue weighted by molar-refractivity contribution is 5.82.